The lowest BCUT2D eigenvalue weighted by atomic mass is 9.83. The Morgan fingerprint density at radius 1 is 1.11 bits per heavy atom. The Balaban J connectivity index is 1.33. The van der Waals surface area contributed by atoms with E-state index in [1.54, 1.807) is 7.11 Å². The Labute approximate surface area is 209 Å². The molecule has 3 heterocycles. The first-order valence-electron chi connectivity index (χ1n) is 13.2. The molecule has 8 nitrogen and oxygen atoms in total. The van der Waals surface area contributed by atoms with Crippen molar-refractivity contribution < 1.29 is 19.1 Å². The second kappa shape index (κ2) is 12.5. The number of hydrogen-bond donors (Lipinski definition) is 1. The number of fused-ring (bicyclic) bond motifs is 1. The fourth-order valence-electron chi connectivity index (χ4n) is 5.90. The minimum Gasteiger partial charge on any atom is -0.385 e. The van der Waals surface area contributed by atoms with Crippen molar-refractivity contribution in [3.8, 4) is 0 Å². The molecule has 0 saturated carbocycles. The van der Waals surface area contributed by atoms with Gasteiger partial charge in [-0.3, -0.25) is 14.5 Å². The number of carbonyl (C=O) groups excluding carboxylic acids is 3. The van der Waals surface area contributed by atoms with Crippen LogP contribution in [0, 0.1) is 5.92 Å². The predicted octanol–water partition coefficient (Wildman–Crippen LogP) is 3.02. The monoisotopic (exact) mass is 484 g/mol. The topological polar surface area (TPSA) is 82.2 Å². The van der Waals surface area contributed by atoms with Crippen molar-refractivity contribution >= 4 is 17.8 Å². The molecule has 3 aliphatic heterocycles. The zero-order valence-corrected chi connectivity index (χ0v) is 21.0. The van der Waals surface area contributed by atoms with Crippen LogP contribution in [0.3, 0.4) is 0 Å². The van der Waals surface area contributed by atoms with Crippen LogP contribution in [0.5, 0.6) is 0 Å². The van der Waals surface area contributed by atoms with Crippen molar-refractivity contribution in [2.75, 3.05) is 39.9 Å². The smallest absolute Gasteiger partial charge is 0.325 e. The summed E-state index contributed by atoms with van der Waals surface area (Å²) >= 11 is 0. The minimum atomic E-state index is -0.639. The van der Waals surface area contributed by atoms with Gasteiger partial charge in [-0.1, -0.05) is 36.8 Å². The normalized spacial score (nSPS) is 24.8. The van der Waals surface area contributed by atoms with Crippen LogP contribution in [-0.4, -0.2) is 84.5 Å². The maximum atomic E-state index is 13.3. The van der Waals surface area contributed by atoms with Gasteiger partial charge in [0, 0.05) is 39.3 Å². The van der Waals surface area contributed by atoms with Crippen molar-refractivity contribution in [2.45, 2.75) is 70.0 Å². The van der Waals surface area contributed by atoms with Crippen molar-refractivity contribution in [1.29, 1.82) is 0 Å². The summed E-state index contributed by atoms with van der Waals surface area (Å²) in [5.74, 6) is 0.324. The van der Waals surface area contributed by atoms with E-state index in [9.17, 15) is 14.4 Å². The first kappa shape index (κ1) is 25.6. The Morgan fingerprint density at radius 3 is 2.71 bits per heavy atom. The van der Waals surface area contributed by atoms with Crippen LogP contribution in [0.25, 0.3) is 0 Å². The fourth-order valence-corrected chi connectivity index (χ4v) is 5.90. The highest BCUT2D eigenvalue weighted by atomic mass is 16.5. The van der Waals surface area contributed by atoms with Gasteiger partial charge in [-0.15, -0.1) is 0 Å². The van der Waals surface area contributed by atoms with Gasteiger partial charge in [0.2, 0.25) is 5.91 Å². The van der Waals surface area contributed by atoms with Crippen LogP contribution in [0.15, 0.2) is 30.3 Å². The molecule has 0 aromatic heterocycles. The van der Waals surface area contributed by atoms with Crippen molar-refractivity contribution in [3.63, 3.8) is 0 Å². The number of imide groups is 1. The molecular weight excluding hydrogens is 444 g/mol. The quantitative estimate of drug-likeness (QED) is 0.386. The standard InChI is InChI=1S/C27H40N4O4/c1-35-18-8-17-30(20-22-11-7-16-29-15-6-5-12-24(22)29)25(32)14-13-23-26(33)31(27(34)28-23)19-21-9-3-2-4-10-21/h2-4,9-10,22-24H,5-8,11-20H2,1H3,(H,28,34)/t22-,23+,24-/m0/s1. The van der Waals surface area contributed by atoms with E-state index < -0.39 is 6.04 Å². The molecule has 3 fully saturated rings. The number of nitrogens with one attached hydrogen (secondary N) is 1. The third-order valence-corrected chi connectivity index (χ3v) is 7.75. The van der Waals surface area contributed by atoms with Crippen LogP contribution in [-0.2, 0) is 20.9 Å². The van der Waals surface area contributed by atoms with E-state index >= 15 is 0 Å². The van der Waals surface area contributed by atoms with E-state index in [0.29, 0.717) is 31.5 Å². The van der Waals surface area contributed by atoms with Crippen molar-refractivity contribution in [3.05, 3.63) is 35.9 Å². The van der Waals surface area contributed by atoms with Crippen LogP contribution >= 0.6 is 0 Å². The van der Waals surface area contributed by atoms with E-state index in [0.717, 1.165) is 18.5 Å². The third-order valence-electron chi connectivity index (χ3n) is 7.75. The average Bonchev–Trinajstić information content (AvgIpc) is 3.15. The number of carbonyl (C=O) groups is 3. The summed E-state index contributed by atoms with van der Waals surface area (Å²) in [6.07, 6.45) is 7.53. The number of rotatable bonds is 11. The lowest BCUT2D eigenvalue weighted by Crippen LogP contribution is -2.51. The van der Waals surface area contributed by atoms with Gasteiger partial charge in [-0.05, 0) is 63.1 Å². The first-order valence-corrected chi connectivity index (χ1v) is 13.2. The average molecular weight is 485 g/mol. The number of ether oxygens (including phenoxy) is 1. The molecule has 1 aromatic rings. The zero-order chi connectivity index (χ0) is 24.6. The van der Waals surface area contributed by atoms with Gasteiger partial charge in [-0.25, -0.2) is 4.79 Å². The number of benzene rings is 1. The molecule has 35 heavy (non-hydrogen) atoms. The fraction of sp³-hybridized carbons (Fsp3) is 0.667. The number of hydrogen-bond acceptors (Lipinski definition) is 5. The summed E-state index contributed by atoms with van der Waals surface area (Å²) in [6, 6.07) is 9.04. The van der Waals surface area contributed by atoms with Crippen LogP contribution in [0.2, 0.25) is 0 Å². The van der Waals surface area contributed by atoms with E-state index in [4.69, 9.17) is 4.74 Å². The highest BCUT2D eigenvalue weighted by molar-refractivity contribution is 6.04. The number of piperidine rings is 2. The van der Waals surface area contributed by atoms with Gasteiger partial charge in [-0.2, -0.15) is 0 Å². The van der Waals surface area contributed by atoms with Gasteiger partial charge in [0.1, 0.15) is 6.04 Å². The van der Waals surface area contributed by atoms with E-state index in [1.807, 2.05) is 35.2 Å². The van der Waals surface area contributed by atoms with Crippen LogP contribution in [0.1, 0.15) is 56.9 Å². The summed E-state index contributed by atoms with van der Waals surface area (Å²) in [6.45, 7) is 4.67. The second-order valence-electron chi connectivity index (χ2n) is 10.1. The summed E-state index contributed by atoms with van der Waals surface area (Å²) in [7, 11) is 1.68. The number of methoxy groups -OCH3 is 1. The van der Waals surface area contributed by atoms with E-state index in [2.05, 4.69) is 10.2 Å². The Hall–Kier alpha value is -2.45. The highest BCUT2D eigenvalue weighted by Crippen LogP contribution is 2.31. The molecule has 0 bridgehead atoms. The largest absolute Gasteiger partial charge is 0.385 e. The lowest BCUT2D eigenvalue weighted by molar-refractivity contribution is -0.133. The predicted molar refractivity (Wildman–Crippen MR) is 134 cm³/mol. The second-order valence-corrected chi connectivity index (χ2v) is 10.1. The van der Waals surface area contributed by atoms with Crippen LogP contribution < -0.4 is 5.32 Å². The molecule has 3 atom stereocenters. The molecule has 0 radical (unpaired) electrons. The summed E-state index contributed by atoms with van der Waals surface area (Å²) in [5, 5.41) is 2.78. The molecule has 1 N–H and O–H groups in total. The molecule has 0 aliphatic carbocycles. The summed E-state index contributed by atoms with van der Waals surface area (Å²) in [5.41, 5.74) is 0.904. The number of nitrogens with zero attached hydrogens (tertiary/aromatic N) is 3. The zero-order valence-electron chi connectivity index (χ0n) is 21.0. The molecule has 8 heteroatoms. The van der Waals surface area contributed by atoms with Gasteiger partial charge in [0.15, 0.2) is 0 Å². The molecule has 0 spiro atoms. The van der Waals surface area contributed by atoms with Crippen molar-refractivity contribution in [1.82, 2.24) is 20.0 Å². The summed E-state index contributed by atoms with van der Waals surface area (Å²) < 4.78 is 5.23. The van der Waals surface area contributed by atoms with Gasteiger partial charge in [0.25, 0.3) is 5.91 Å². The molecule has 3 saturated heterocycles. The molecule has 1 aromatic carbocycles. The third kappa shape index (κ3) is 6.61. The molecule has 0 unspecified atom stereocenters. The first-order chi connectivity index (χ1) is 17.1. The molecule has 3 aliphatic rings. The van der Waals surface area contributed by atoms with Gasteiger partial charge in [0.05, 0.1) is 6.54 Å². The Morgan fingerprint density at radius 2 is 1.91 bits per heavy atom. The highest BCUT2D eigenvalue weighted by Gasteiger charge is 2.39. The van der Waals surface area contributed by atoms with Gasteiger partial charge < -0.3 is 19.9 Å². The van der Waals surface area contributed by atoms with Crippen LogP contribution in [0.4, 0.5) is 4.79 Å². The molecular formula is C27H40N4O4. The number of urea groups is 1. The minimum absolute atomic E-state index is 0.0672. The Kier molecular flexibility index (Phi) is 9.15. The number of amides is 4. The van der Waals surface area contributed by atoms with E-state index in [-0.39, 0.29) is 30.8 Å². The molecule has 192 valence electrons. The summed E-state index contributed by atoms with van der Waals surface area (Å²) in [4.78, 5) is 44.5. The SMILES string of the molecule is COCCCN(C[C@@H]1CCCN2CCCC[C@@H]12)C(=O)CC[C@H]1NC(=O)N(Cc2ccccc2)C1=O. The maximum Gasteiger partial charge on any atom is 0.325 e. The molecule has 4 amide bonds. The van der Waals surface area contributed by atoms with E-state index in [1.165, 1.54) is 50.1 Å². The van der Waals surface area contributed by atoms with Gasteiger partial charge >= 0.3 is 6.03 Å². The molecule has 4 rings (SSSR count). The maximum absolute atomic E-state index is 13.3. The lowest BCUT2D eigenvalue weighted by Gasteiger charge is -2.45. The van der Waals surface area contributed by atoms with Crippen molar-refractivity contribution in [2.24, 2.45) is 5.92 Å². The Bertz CT molecular complexity index is 862.